The molecule has 0 amide bonds. The zero-order chi connectivity index (χ0) is 36.9. The number of rotatable bonds is 18. The van der Waals surface area contributed by atoms with Crippen LogP contribution in [0.4, 0.5) is 13.2 Å². The lowest BCUT2D eigenvalue weighted by Gasteiger charge is -2.30. The van der Waals surface area contributed by atoms with Gasteiger partial charge in [-0.15, -0.1) is 0 Å². The van der Waals surface area contributed by atoms with Gasteiger partial charge in [-0.05, 0) is 86.0 Å². The lowest BCUT2D eigenvalue weighted by molar-refractivity contribution is -0.144. The highest BCUT2D eigenvalue weighted by Crippen LogP contribution is 2.40. The average Bonchev–Trinajstić information content (AvgIpc) is 3.15. The quantitative estimate of drug-likeness (QED) is 0.0780. The molecule has 2 N–H and O–H groups in total. The zero-order valence-electron chi connectivity index (χ0n) is 29.4. The number of carbonyl (C=O) groups is 2. The molecular weight excluding hydrogens is 657 g/mol. The number of ether oxygens (including phenoxy) is 2. The lowest BCUT2D eigenvalue weighted by atomic mass is 9.76. The van der Waals surface area contributed by atoms with Crippen LogP contribution in [0.2, 0.25) is 0 Å². The average molecular weight is 707 g/mol. The first-order chi connectivity index (χ1) is 24.6. The van der Waals surface area contributed by atoms with Gasteiger partial charge in [0, 0.05) is 22.6 Å². The Morgan fingerprint density at radius 1 is 0.784 bits per heavy atom. The fourth-order valence-electron chi connectivity index (χ4n) is 6.61. The number of esters is 2. The Bertz CT molecular complexity index is 1630. The topological polar surface area (TPSA) is 93.1 Å². The molecule has 0 spiro atoms. The molecule has 4 rings (SSSR count). The van der Waals surface area contributed by atoms with Crippen molar-refractivity contribution < 1.29 is 42.4 Å². The van der Waals surface area contributed by atoms with E-state index >= 15 is 13.2 Å². The van der Waals surface area contributed by atoms with E-state index in [0.29, 0.717) is 17.9 Å². The van der Waals surface area contributed by atoms with Gasteiger partial charge in [0.1, 0.15) is 5.82 Å². The fourth-order valence-corrected chi connectivity index (χ4v) is 6.61. The van der Waals surface area contributed by atoms with E-state index in [1.807, 2.05) is 12.1 Å². The van der Waals surface area contributed by atoms with Crippen molar-refractivity contribution >= 4 is 11.9 Å². The van der Waals surface area contributed by atoms with Crippen LogP contribution in [0.5, 0.6) is 0 Å². The van der Waals surface area contributed by atoms with Crippen LogP contribution in [0.25, 0.3) is 22.3 Å². The molecule has 0 aliphatic heterocycles. The predicted octanol–water partition coefficient (Wildman–Crippen LogP) is 9.02. The van der Waals surface area contributed by atoms with E-state index in [0.717, 1.165) is 68.9 Å². The van der Waals surface area contributed by atoms with E-state index in [1.165, 1.54) is 24.3 Å². The third-order valence-electron chi connectivity index (χ3n) is 9.86. The van der Waals surface area contributed by atoms with Gasteiger partial charge >= 0.3 is 11.9 Å². The highest BCUT2D eigenvalue weighted by Gasteiger charge is 2.26. The molecule has 0 unspecified atom stereocenters. The summed E-state index contributed by atoms with van der Waals surface area (Å²) < 4.78 is 56.7. The van der Waals surface area contributed by atoms with Crippen LogP contribution in [-0.4, -0.2) is 48.6 Å². The monoisotopic (exact) mass is 706 g/mol. The van der Waals surface area contributed by atoms with Crippen molar-refractivity contribution in [1.82, 2.24) is 0 Å². The third kappa shape index (κ3) is 10.9. The van der Waals surface area contributed by atoms with Gasteiger partial charge in [-0.2, -0.15) is 0 Å². The van der Waals surface area contributed by atoms with Gasteiger partial charge in [0.2, 0.25) is 0 Å². The number of unbranched alkanes of at least 4 members (excludes halogenated alkanes) is 2. The van der Waals surface area contributed by atoms with E-state index in [2.05, 4.69) is 20.1 Å². The normalized spacial score (nSPS) is 15.8. The molecule has 9 heteroatoms. The molecule has 0 bridgehead atoms. The van der Waals surface area contributed by atoms with Gasteiger partial charge in [0.05, 0.1) is 37.6 Å². The van der Waals surface area contributed by atoms with E-state index in [-0.39, 0.29) is 52.9 Å². The molecule has 0 heterocycles. The summed E-state index contributed by atoms with van der Waals surface area (Å²) >= 11 is 0. The maximum atomic E-state index is 15.5. The van der Waals surface area contributed by atoms with Crippen LogP contribution in [-0.2, 0) is 25.5 Å². The van der Waals surface area contributed by atoms with Gasteiger partial charge in [-0.3, -0.25) is 0 Å². The summed E-state index contributed by atoms with van der Waals surface area (Å²) in [5.41, 5.74) is 2.42. The fraction of sp³-hybridized carbons (Fsp3) is 0.429. The second kappa shape index (κ2) is 19.4. The number of aliphatic hydroxyl groups excluding tert-OH is 2. The highest BCUT2D eigenvalue weighted by atomic mass is 19.2. The van der Waals surface area contributed by atoms with Crippen molar-refractivity contribution in [3.63, 3.8) is 0 Å². The maximum Gasteiger partial charge on any atom is 0.335 e. The number of aryl methyl sites for hydroxylation is 1. The van der Waals surface area contributed by atoms with E-state index < -0.39 is 42.6 Å². The Morgan fingerprint density at radius 2 is 1.35 bits per heavy atom. The Labute approximate surface area is 299 Å². The number of hydrogen-bond donors (Lipinski definition) is 2. The van der Waals surface area contributed by atoms with Crippen molar-refractivity contribution in [3.05, 3.63) is 107 Å². The number of benzene rings is 3. The van der Waals surface area contributed by atoms with Crippen molar-refractivity contribution in [2.75, 3.05) is 26.4 Å². The second-order valence-corrected chi connectivity index (χ2v) is 13.6. The SMILES string of the molecule is C=C(CO)C(=O)OCC(CCC1CCC(c2ccc(-c3ccc(-c4ccc(CCCCC)cc4)c(F)c3F)c(F)c2)CC1)COC(=O)C(=C)CO. The van der Waals surface area contributed by atoms with Crippen molar-refractivity contribution in [3.8, 4) is 22.3 Å². The summed E-state index contributed by atoms with van der Waals surface area (Å²) in [6.07, 6.45) is 9.07. The zero-order valence-corrected chi connectivity index (χ0v) is 29.4. The molecule has 51 heavy (non-hydrogen) atoms. The Balaban J connectivity index is 1.34. The van der Waals surface area contributed by atoms with Gasteiger partial charge < -0.3 is 19.7 Å². The molecule has 0 atom stereocenters. The van der Waals surface area contributed by atoms with E-state index in [1.54, 1.807) is 18.2 Å². The first-order valence-corrected chi connectivity index (χ1v) is 17.8. The minimum absolute atomic E-state index is 0.0132. The van der Waals surface area contributed by atoms with E-state index in [9.17, 15) is 9.59 Å². The molecule has 1 saturated carbocycles. The Kier molecular flexibility index (Phi) is 15.1. The molecule has 1 fully saturated rings. The number of halogens is 3. The molecule has 1 aliphatic carbocycles. The molecular formula is C42H49F3O6. The molecule has 274 valence electrons. The summed E-state index contributed by atoms with van der Waals surface area (Å²) in [6, 6.07) is 15.2. The van der Waals surface area contributed by atoms with Crippen LogP contribution in [0.1, 0.15) is 81.8 Å². The van der Waals surface area contributed by atoms with Gasteiger partial charge in [0.15, 0.2) is 11.6 Å². The maximum absolute atomic E-state index is 15.5. The van der Waals surface area contributed by atoms with Crippen molar-refractivity contribution in [2.24, 2.45) is 11.8 Å². The summed E-state index contributed by atoms with van der Waals surface area (Å²) in [5.74, 6) is -3.97. The first-order valence-electron chi connectivity index (χ1n) is 17.8. The lowest BCUT2D eigenvalue weighted by Crippen LogP contribution is -2.24. The summed E-state index contributed by atoms with van der Waals surface area (Å²) in [6.45, 7) is 7.96. The summed E-state index contributed by atoms with van der Waals surface area (Å²) in [7, 11) is 0. The molecule has 3 aromatic rings. The molecule has 3 aromatic carbocycles. The summed E-state index contributed by atoms with van der Waals surface area (Å²) in [5, 5.41) is 18.3. The summed E-state index contributed by atoms with van der Waals surface area (Å²) in [4.78, 5) is 24.0. The van der Waals surface area contributed by atoms with Crippen LogP contribution in [0, 0.1) is 29.3 Å². The van der Waals surface area contributed by atoms with Gasteiger partial charge in [0.25, 0.3) is 0 Å². The Hall–Kier alpha value is -4.21. The van der Waals surface area contributed by atoms with Gasteiger partial charge in [-0.25, -0.2) is 22.8 Å². The minimum Gasteiger partial charge on any atom is -0.462 e. The smallest absolute Gasteiger partial charge is 0.335 e. The van der Waals surface area contributed by atoms with Crippen molar-refractivity contribution in [1.29, 1.82) is 0 Å². The number of aliphatic hydroxyl groups is 2. The minimum atomic E-state index is -1.08. The van der Waals surface area contributed by atoms with Gasteiger partial charge in [-0.1, -0.05) is 81.5 Å². The van der Waals surface area contributed by atoms with Crippen LogP contribution in [0.15, 0.2) is 78.9 Å². The second-order valence-electron chi connectivity index (χ2n) is 13.6. The standard InChI is InChI=1S/C42H49F3O6/c1-4-5-6-7-29-12-16-33(17-13-29)35-20-21-37(40(45)39(35)44)36-19-18-34(22-38(36)43)32-14-10-30(11-15-32)8-9-31(25-50-41(48)27(2)23-46)26-51-42(49)28(3)24-47/h12-13,16-22,30-32,46-47H,2-11,14-15,23-26H2,1H3. The van der Waals surface area contributed by atoms with E-state index in [4.69, 9.17) is 19.7 Å². The molecule has 0 saturated heterocycles. The Morgan fingerprint density at radius 3 is 1.92 bits per heavy atom. The first kappa shape index (κ1) is 39.6. The molecule has 1 aliphatic rings. The molecule has 0 aromatic heterocycles. The molecule has 6 nitrogen and oxygen atoms in total. The highest BCUT2D eigenvalue weighted by molar-refractivity contribution is 5.88. The largest absolute Gasteiger partial charge is 0.462 e. The third-order valence-corrected chi connectivity index (χ3v) is 9.86. The van der Waals surface area contributed by atoms with Crippen molar-refractivity contribution in [2.45, 2.75) is 77.0 Å². The van der Waals surface area contributed by atoms with Crippen LogP contribution >= 0.6 is 0 Å². The molecule has 0 radical (unpaired) electrons. The van der Waals surface area contributed by atoms with Crippen LogP contribution < -0.4 is 0 Å². The van der Waals surface area contributed by atoms with Crippen LogP contribution in [0.3, 0.4) is 0 Å². The predicted molar refractivity (Wildman–Crippen MR) is 192 cm³/mol. The number of carbonyl (C=O) groups excluding carboxylic acids is 2. The number of hydrogen-bond acceptors (Lipinski definition) is 6.